The lowest BCUT2D eigenvalue weighted by atomic mass is 10.1. The summed E-state index contributed by atoms with van der Waals surface area (Å²) >= 11 is 0. The Hall–Kier alpha value is -0.930. The van der Waals surface area contributed by atoms with Gasteiger partial charge in [-0.3, -0.25) is 4.98 Å². The van der Waals surface area contributed by atoms with E-state index in [1.54, 1.807) is 6.20 Å². The molecule has 0 fully saturated rings. The fourth-order valence-electron chi connectivity index (χ4n) is 1.40. The van der Waals surface area contributed by atoms with E-state index in [2.05, 4.69) is 4.98 Å². The smallest absolute Gasteiger partial charge is 0.0984 e. The molecule has 1 unspecified atom stereocenters. The lowest BCUT2D eigenvalue weighted by molar-refractivity contribution is 0.0453. The first-order valence-electron chi connectivity index (χ1n) is 5.32. The Morgan fingerprint density at radius 2 is 2.20 bits per heavy atom. The molecular weight excluding hydrogens is 190 g/mol. The highest BCUT2D eigenvalue weighted by atomic mass is 16.5. The molecule has 1 aromatic rings. The molecule has 0 aliphatic heterocycles. The number of nitrogens with zero attached hydrogens (tertiary/aromatic N) is 1. The molecule has 3 heteroatoms. The predicted molar refractivity (Wildman–Crippen MR) is 59.6 cm³/mol. The van der Waals surface area contributed by atoms with E-state index in [9.17, 15) is 5.11 Å². The van der Waals surface area contributed by atoms with Crippen LogP contribution in [0.15, 0.2) is 18.3 Å². The minimum absolute atomic E-state index is 0.210. The number of aliphatic hydroxyl groups is 1. The second kappa shape index (κ2) is 5.83. The van der Waals surface area contributed by atoms with Crippen molar-refractivity contribution in [3.63, 3.8) is 0 Å². The van der Waals surface area contributed by atoms with Crippen LogP contribution in [0.1, 0.15) is 37.6 Å². The summed E-state index contributed by atoms with van der Waals surface area (Å²) in [6.07, 6.45) is 1.98. The van der Waals surface area contributed by atoms with E-state index in [1.807, 2.05) is 32.9 Å². The summed E-state index contributed by atoms with van der Waals surface area (Å²) in [5.41, 5.74) is 1.78. The Labute approximate surface area is 91.1 Å². The quantitative estimate of drug-likeness (QED) is 0.808. The molecule has 84 valence electrons. The summed E-state index contributed by atoms with van der Waals surface area (Å²) in [6, 6.07) is 3.82. The average molecular weight is 209 g/mol. The van der Waals surface area contributed by atoms with Crippen LogP contribution in [0.5, 0.6) is 0 Å². The van der Waals surface area contributed by atoms with Crippen LogP contribution in [0.3, 0.4) is 0 Å². The van der Waals surface area contributed by atoms with Crippen LogP contribution in [0.4, 0.5) is 0 Å². The third-order valence-corrected chi connectivity index (χ3v) is 2.21. The lowest BCUT2D eigenvalue weighted by Gasteiger charge is -2.13. The molecule has 1 heterocycles. The van der Waals surface area contributed by atoms with Crippen molar-refractivity contribution in [1.82, 2.24) is 4.98 Å². The number of pyridine rings is 1. The van der Waals surface area contributed by atoms with Crippen LogP contribution in [-0.2, 0) is 4.74 Å². The third kappa shape index (κ3) is 3.98. The van der Waals surface area contributed by atoms with E-state index < -0.39 is 6.10 Å². The Kier molecular flexibility index (Phi) is 4.72. The highest BCUT2D eigenvalue weighted by molar-refractivity contribution is 5.19. The van der Waals surface area contributed by atoms with Gasteiger partial charge in [-0.15, -0.1) is 0 Å². The molecule has 0 amide bonds. The van der Waals surface area contributed by atoms with Gasteiger partial charge in [-0.1, -0.05) is 6.07 Å². The number of rotatable bonds is 5. The van der Waals surface area contributed by atoms with Crippen molar-refractivity contribution < 1.29 is 9.84 Å². The highest BCUT2D eigenvalue weighted by Crippen LogP contribution is 2.17. The summed E-state index contributed by atoms with van der Waals surface area (Å²) in [5.74, 6) is 0. The number of aromatic nitrogens is 1. The Morgan fingerprint density at radius 1 is 1.47 bits per heavy atom. The van der Waals surface area contributed by atoms with Gasteiger partial charge in [-0.2, -0.15) is 0 Å². The minimum atomic E-state index is -0.523. The van der Waals surface area contributed by atoms with E-state index in [0.29, 0.717) is 13.0 Å². The molecule has 1 N–H and O–H groups in total. The van der Waals surface area contributed by atoms with Gasteiger partial charge in [-0.25, -0.2) is 0 Å². The van der Waals surface area contributed by atoms with Gasteiger partial charge in [0.15, 0.2) is 0 Å². The maximum atomic E-state index is 9.87. The molecule has 1 aromatic heterocycles. The summed E-state index contributed by atoms with van der Waals surface area (Å²) < 4.78 is 5.39. The summed E-state index contributed by atoms with van der Waals surface area (Å²) in [7, 11) is 0. The van der Waals surface area contributed by atoms with Gasteiger partial charge >= 0.3 is 0 Å². The van der Waals surface area contributed by atoms with E-state index in [0.717, 1.165) is 11.3 Å². The van der Waals surface area contributed by atoms with E-state index in [-0.39, 0.29) is 6.10 Å². The van der Waals surface area contributed by atoms with E-state index in [4.69, 9.17) is 4.74 Å². The molecule has 1 rings (SSSR count). The van der Waals surface area contributed by atoms with Crippen molar-refractivity contribution >= 4 is 0 Å². The summed E-state index contributed by atoms with van der Waals surface area (Å²) in [6.45, 7) is 6.49. The fraction of sp³-hybridized carbons (Fsp3) is 0.583. The number of aliphatic hydroxyl groups excluding tert-OH is 1. The first kappa shape index (κ1) is 12.1. The minimum Gasteiger partial charge on any atom is -0.387 e. The largest absolute Gasteiger partial charge is 0.387 e. The molecule has 3 nitrogen and oxygen atoms in total. The normalized spacial score (nSPS) is 13.1. The standard InChI is InChI=1S/C12H19NO2/c1-9(2)15-8-6-11(14)12-10(3)5-4-7-13-12/h4-5,7,9,11,14H,6,8H2,1-3H3. The van der Waals surface area contributed by atoms with Crippen molar-refractivity contribution in [3.05, 3.63) is 29.6 Å². The second-order valence-electron chi connectivity index (χ2n) is 3.93. The monoisotopic (exact) mass is 209 g/mol. The molecule has 0 aromatic carbocycles. The predicted octanol–water partition coefficient (Wildman–Crippen LogP) is 2.24. The Morgan fingerprint density at radius 3 is 2.80 bits per heavy atom. The topological polar surface area (TPSA) is 42.4 Å². The first-order valence-corrected chi connectivity index (χ1v) is 5.32. The molecule has 0 saturated heterocycles. The average Bonchev–Trinajstić information content (AvgIpc) is 2.17. The van der Waals surface area contributed by atoms with Crippen LogP contribution < -0.4 is 0 Å². The van der Waals surface area contributed by atoms with Crippen LogP contribution in [0, 0.1) is 6.92 Å². The van der Waals surface area contributed by atoms with Crippen LogP contribution in [0.25, 0.3) is 0 Å². The lowest BCUT2D eigenvalue weighted by Crippen LogP contribution is -2.09. The van der Waals surface area contributed by atoms with Gasteiger partial charge in [0.05, 0.1) is 17.9 Å². The molecule has 15 heavy (non-hydrogen) atoms. The van der Waals surface area contributed by atoms with Crippen molar-refractivity contribution in [2.75, 3.05) is 6.61 Å². The van der Waals surface area contributed by atoms with Gasteiger partial charge in [0.2, 0.25) is 0 Å². The van der Waals surface area contributed by atoms with Crippen LogP contribution in [0.2, 0.25) is 0 Å². The van der Waals surface area contributed by atoms with E-state index >= 15 is 0 Å². The van der Waals surface area contributed by atoms with Gasteiger partial charge in [0.1, 0.15) is 0 Å². The zero-order chi connectivity index (χ0) is 11.3. The third-order valence-electron chi connectivity index (χ3n) is 2.21. The number of hydrogen-bond donors (Lipinski definition) is 1. The number of hydrogen-bond acceptors (Lipinski definition) is 3. The Balaban J connectivity index is 2.47. The van der Waals surface area contributed by atoms with Gasteiger partial charge < -0.3 is 9.84 Å². The molecule has 0 radical (unpaired) electrons. The zero-order valence-electron chi connectivity index (χ0n) is 9.60. The van der Waals surface area contributed by atoms with Crippen molar-refractivity contribution in [3.8, 4) is 0 Å². The van der Waals surface area contributed by atoms with Crippen LogP contribution in [-0.4, -0.2) is 22.8 Å². The van der Waals surface area contributed by atoms with Gasteiger partial charge in [-0.05, 0) is 32.4 Å². The fourth-order valence-corrected chi connectivity index (χ4v) is 1.40. The Bertz CT molecular complexity index is 299. The molecule has 0 bridgehead atoms. The first-order chi connectivity index (χ1) is 7.11. The van der Waals surface area contributed by atoms with Crippen LogP contribution >= 0.6 is 0 Å². The summed E-state index contributed by atoms with van der Waals surface area (Å²) in [5, 5.41) is 9.87. The molecule has 1 atom stereocenters. The second-order valence-corrected chi connectivity index (χ2v) is 3.93. The SMILES string of the molecule is Cc1cccnc1C(O)CCOC(C)C. The van der Waals surface area contributed by atoms with Gasteiger partial charge in [0.25, 0.3) is 0 Å². The molecule has 0 aliphatic carbocycles. The summed E-state index contributed by atoms with van der Waals surface area (Å²) in [4.78, 5) is 4.17. The van der Waals surface area contributed by atoms with Crippen molar-refractivity contribution in [2.45, 2.75) is 39.4 Å². The van der Waals surface area contributed by atoms with E-state index in [1.165, 1.54) is 0 Å². The number of aryl methyl sites for hydroxylation is 1. The van der Waals surface area contributed by atoms with Crippen molar-refractivity contribution in [1.29, 1.82) is 0 Å². The maximum Gasteiger partial charge on any atom is 0.0984 e. The van der Waals surface area contributed by atoms with Crippen molar-refractivity contribution in [2.24, 2.45) is 0 Å². The molecule has 0 saturated carbocycles. The molecule has 0 spiro atoms. The van der Waals surface area contributed by atoms with Gasteiger partial charge in [0, 0.05) is 19.2 Å². The molecular formula is C12H19NO2. The highest BCUT2D eigenvalue weighted by Gasteiger charge is 2.11. The maximum absolute atomic E-state index is 9.87. The molecule has 0 aliphatic rings. The number of ether oxygens (including phenoxy) is 1. The zero-order valence-corrected chi connectivity index (χ0v) is 9.60.